The fourth-order valence-electron chi connectivity index (χ4n) is 1.34. The summed E-state index contributed by atoms with van der Waals surface area (Å²) < 4.78 is 0. The molecule has 0 saturated carbocycles. The van der Waals surface area contributed by atoms with Gasteiger partial charge in [0.25, 0.3) is 0 Å². The van der Waals surface area contributed by atoms with Gasteiger partial charge in [-0.25, -0.2) is 4.79 Å². The molecule has 1 amide bonds. The number of rotatable bonds is 8. The van der Waals surface area contributed by atoms with Gasteiger partial charge in [-0.2, -0.15) is 0 Å². The quantitative estimate of drug-likeness (QED) is 0.489. The van der Waals surface area contributed by atoms with Crippen LogP contribution in [0.5, 0.6) is 0 Å². The Labute approximate surface area is 102 Å². The zero-order chi connectivity index (χ0) is 13.3. The molecule has 98 valence electrons. The van der Waals surface area contributed by atoms with Crippen LogP contribution < -0.4 is 5.32 Å². The van der Waals surface area contributed by atoms with Crippen LogP contribution >= 0.6 is 0 Å². The smallest absolute Gasteiger partial charge is 0.330 e. The van der Waals surface area contributed by atoms with Crippen molar-refractivity contribution >= 4 is 11.9 Å². The number of carbonyl (C=O) groups is 2. The monoisotopic (exact) mass is 242 g/mol. The number of aliphatic carboxylic acids is 1. The minimum atomic E-state index is -0.911. The molecule has 0 aromatic heterocycles. The lowest BCUT2D eigenvalue weighted by atomic mass is 10.3. The maximum Gasteiger partial charge on any atom is 0.330 e. The molecule has 0 aliphatic rings. The lowest BCUT2D eigenvalue weighted by Crippen LogP contribution is -2.32. The molecule has 2 N–H and O–H groups in total. The van der Waals surface area contributed by atoms with E-state index in [0.29, 0.717) is 25.1 Å². The Morgan fingerprint density at radius 1 is 1.29 bits per heavy atom. The van der Waals surface area contributed by atoms with E-state index < -0.39 is 5.97 Å². The van der Waals surface area contributed by atoms with E-state index in [1.165, 1.54) is 0 Å². The first kappa shape index (κ1) is 15.6. The van der Waals surface area contributed by atoms with E-state index in [1.54, 1.807) is 17.9 Å². The number of carboxylic acids is 1. The van der Waals surface area contributed by atoms with Crippen molar-refractivity contribution in [1.82, 2.24) is 10.2 Å². The van der Waals surface area contributed by atoms with Crippen molar-refractivity contribution < 1.29 is 14.7 Å². The molecule has 0 unspecified atom stereocenters. The first-order chi connectivity index (χ1) is 8.02. The Morgan fingerprint density at radius 3 is 2.35 bits per heavy atom. The second-order valence-electron chi connectivity index (χ2n) is 3.71. The third-order valence-corrected chi connectivity index (χ3v) is 2.52. The van der Waals surface area contributed by atoms with Gasteiger partial charge in [-0.1, -0.05) is 6.08 Å². The van der Waals surface area contributed by atoms with Crippen LogP contribution in [0.3, 0.4) is 0 Å². The number of nitrogens with zero attached hydrogens (tertiary/aromatic N) is 1. The predicted octanol–water partition coefficient (Wildman–Crippen LogP) is 0.865. The van der Waals surface area contributed by atoms with E-state index in [2.05, 4.69) is 5.32 Å². The van der Waals surface area contributed by atoms with Gasteiger partial charge in [0.05, 0.1) is 0 Å². The fraction of sp³-hybridized carbons (Fsp3) is 0.667. The van der Waals surface area contributed by atoms with Gasteiger partial charge in [0.2, 0.25) is 5.91 Å². The summed E-state index contributed by atoms with van der Waals surface area (Å²) in [5.41, 5.74) is 0.313. The number of nitrogens with one attached hydrogen (secondary N) is 1. The van der Waals surface area contributed by atoms with E-state index in [4.69, 9.17) is 5.11 Å². The average molecular weight is 242 g/mol. The van der Waals surface area contributed by atoms with E-state index >= 15 is 0 Å². The molecule has 0 fully saturated rings. The molecule has 0 spiro atoms. The van der Waals surface area contributed by atoms with Crippen LogP contribution in [0.25, 0.3) is 0 Å². The summed E-state index contributed by atoms with van der Waals surface area (Å²) in [6.07, 6.45) is 2.05. The summed E-state index contributed by atoms with van der Waals surface area (Å²) in [4.78, 5) is 23.8. The molecule has 0 rings (SSSR count). The van der Waals surface area contributed by atoms with Crippen LogP contribution in [0.2, 0.25) is 0 Å². The highest BCUT2D eigenvalue weighted by atomic mass is 16.4. The molecular weight excluding hydrogens is 220 g/mol. The van der Waals surface area contributed by atoms with Crippen molar-refractivity contribution in [2.75, 3.05) is 26.2 Å². The molecule has 0 saturated heterocycles. The van der Waals surface area contributed by atoms with Gasteiger partial charge >= 0.3 is 5.97 Å². The number of hydrogen-bond donors (Lipinski definition) is 2. The predicted molar refractivity (Wildman–Crippen MR) is 66.8 cm³/mol. The lowest BCUT2D eigenvalue weighted by molar-refractivity contribution is -0.133. The SMILES string of the molecule is CCN(CC)C(=O)CCNC/C=C(/C)C(=O)O. The second-order valence-corrected chi connectivity index (χ2v) is 3.71. The van der Waals surface area contributed by atoms with Crippen molar-refractivity contribution in [3.05, 3.63) is 11.6 Å². The first-order valence-electron chi connectivity index (χ1n) is 5.91. The molecule has 17 heavy (non-hydrogen) atoms. The fourth-order valence-corrected chi connectivity index (χ4v) is 1.34. The average Bonchev–Trinajstić information content (AvgIpc) is 2.29. The van der Waals surface area contributed by atoms with Gasteiger partial charge in [-0.05, 0) is 20.8 Å². The van der Waals surface area contributed by atoms with E-state index in [1.807, 2.05) is 13.8 Å². The topological polar surface area (TPSA) is 69.6 Å². The summed E-state index contributed by atoms with van der Waals surface area (Å²) in [6.45, 7) is 7.95. The molecule has 0 aromatic carbocycles. The number of amides is 1. The van der Waals surface area contributed by atoms with E-state index in [9.17, 15) is 9.59 Å². The van der Waals surface area contributed by atoms with E-state index in [-0.39, 0.29) is 5.91 Å². The molecular formula is C12H22N2O3. The van der Waals surface area contributed by atoms with Crippen molar-refractivity contribution in [2.24, 2.45) is 0 Å². The second kappa shape index (κ2) is 8.75. The van der Waals surface area contributed by atoms with Gasteiger partial charge in [0.15, 0.2) is 0 Å². The van der Waals surface area contributed by atoms with Crippen LogP contribution in [0.15, 0.2) is 11.6 Å². The lowest BCUT2D eigenvalue weighted by Gasteiger charge is -2.18. The third kappa shape index (κ3) is 6.73. The van der Waals surface area contributed by atoms with Crippen molar-refractivity contribution in [1.29, 1.82) is 0 Å². The molecule has 0 aromatic rings. The molecule has 0 aliphatic carbocycles. The maximum atomic E-state index is 11.6. The zero-order valence-electron chi connectivity index (χ0n) is 10.8. The summed E-state index contributed by atoms with van der Waals surface area (Å²) in [6, 6.07) is 0. The summed E-state index contributed by atoms with van der Waals surface area (Å²) in [5, 5.41) is 11.6. The third-order valence-electron chi connectivity index (χ3n) is 2.52. The van der Waals surface area contributed by atoms with Crippen molar-refractivity contribution in [3.8, 4) is 0 Å². The molecule has 5 heteroatoms. The van der Waals surface area contributed by atoms with Gasteiger partial charge in [0.1, 0.15) is 0 Å². The molecule has 5 nitrogen and oxygen atoms in total. The largest absolute Gasteiger partial charge is 0.478 e. The Morgan fingerprint density at radius 2 is 1.88 bits per heavy atom. The number of carboxylic acid groups (broad SMARTS) is 1. The van der Waals surface area contributed by atoms with Crippen LogP contribution in [0, 0.1) is 0 Å². The normalized spacial score (nSPS) is 11.4. The first-order valence-corrected chi connectivity index (χ1v) is 5.91. The molecule has 0 radical (unpaired) electrons. The van der Waals surface area contributed by atoms with Crippen molar-refractivity contribution in [3.63, 3.8) is 0 Å². The molecule has 0 aliphatic heterocycles. The number of hydrogen-bond acceptors (Lipinski definition) is 3. The molecule has 0 atom stereocenters. The highest BCUT2D eigenvalue weighted by Gasteiger charge is 2.07. The highest BCUT2D eigenvalue weighted by Crippen LogP contribution is 1.93. The minimum Gasteiger partial charge on any atom is -0.478 e. The van der Waals surface area contributed by atoms with E-state index in [0.717, 1.165) is 13.1 Å². The van der Waals surface area contributed by atoms with Gasteiger partial charge in [-0.3, -0.25) is 4.79 Å². The number of carbonyl (C=O) groups excluding carboxylic acids is 1. The summed E-state index contributed by atoms with van der Waals surface area (Å²) in [7, 11) is 0. The Hall–Kier alpha value is -1.36. The van der Waals surface area contributed by atoms with Crippen LogP contribution in [0.1, 0.15) is 27.2 Å². The van der Waals surface area contributed by atoms with Gasteiger partial charge in [-0.15, -0.1) is 0 Å². The Bertz CT molecular complexity index is 283. The Balaban J connectivity index is 3.75. The van der Waals surface area contributed by atoms with Gasteiger partial charge in [0, 0.05) is 38.2 Å². The van der Waals surface area contributed by atoms with Crippen LogP contribution in [-0.4, -0.2) is 48.1 Å². The standard InChI is InChI=1S/C12H22N2O3/c1-4-14(5-2)11(15)7-9-13-8-6-10(3)12(16)17/h6,13H,4-5,7-9H2,1-3H3,(H,16,17)/b10-6-. The van der Waals surface area contributed by atoms with Crippen molar-refractivity contribution in [2.45, 2.75) is 27.2 Å². The van der Waals surface area contributed by atoms with Crippen LogP contribution in [0.4, 0.5) is 0 Å². The highest BCUT2D eigenvalue weighted by molar-refractivity contribution is 5.85. The molecule has 0 bridgehead atoms. The zero-order valence-corrected chi connectivity index (χ0v) is 10.8. The molecule has 0 heterocycles. The Kier molecular flexibility index (Phi) is 8.05. The maximum absolute atomic E-state index is 11.6. The summed E-state index contributed by atoms with van der Waals surface area (Å²) >= 11 is 0. The van der Waals surface area contributed by atoms with Crippen LogP contribution in [-0.2, 0) is 9.59 Å². The summed E-state index contributed by atoms with van der Waals surface area (Å²) in [5.74, 6) is -0.785. The minimum absolute atomic E-state index is 0.126. The van der Waals surface area contributed by atoms with Gasteiger partial charge < -0.3 is 15.3 Å².